The standard InChI is InChI=1S/C16H23N3O3S/c1-23(21,22)19-10-9-14-12(11-19)5-4-8-15(14)18-16(20)17-13-6-2-3-7-13/h4-5,8,13H,2-3,6-7,9-11H2,1H3,(H2,17,18,20). The Bertz CT molecular complexity index is 697. The Hall–Kier alpha value is -1.60. The van der Waals surface area contributed by atoms with Gasteiger partial charge in [0.25, 0.3) is 0 Å². The number of carbonyl (C=O) groups is 1. The third kappa shape index (κ3) is 3.84. The topological polar surface area (TPSA) is 78.5 Å². The quantitative estimate of drug-likeness (QED) is 0.886. The SMILES string of the molecule is CS(=O)(=O)N1CCc2c(cccc2NC(=O)NC2CCCC2)C1. The van der Waals surface area contributed by atoms with Gasteiger partial charge in [-0.2, -0.15) is 4.31 Å². The van der Waals surface area contributed by atoms with Gasteiger partial charge in [-0.1, -0.05) is 25.0 Å². The Kier molecular flexibility index (Phi) is 4.59. The number of nitrogens with one attached hydrogen (secondary N) is 2. The average Bonchev–Trinajstić information content (AvgIpc) is 2.99. The lowest BCUT2D eigenvalue weighted by Gasteiger charge is -2.28. The number of benzene rings is 1. The van der Waals surface area contributed by atoms with Crippen molar-refractivity contribution in [2.75, 3.05) is 18.1 Å². The van der Waals surface area contributed by atoms with E-state index in [-0.39, 0.29) is 12.1 Å². The van der Waals surface area contributed by atoms with Crippen molar-refractivity contribution in [3.05, 3.63) is 29.3 Å². The van der Waals surface area contributed by atoms with Crippen LogP contribution in [0.25, 0.3) is 0 Å². The Labute approximate surface area is 137 Å². The van der Waals surface area contributed by atoms with Crippen molar-refractivity contribution in [3.8, 4) is 0 Å². The fourth-order valence-corrected chi connectivity index (χ4v) is 4.19. The van der Waals surface area contributed by atoms with E-state index in [0.717, 1.165) is 29.7 Å². The van der Waals surface area contributed by atoms with Crippen molar-refractivity contribution < 1.29 is 13.2 Å². The molecule has 0 spiro atoms. The molecule has 1 aromatic carbocycles. The summed E-state index contributed by atoms with van der Waals surface area (Å²) in [5.41, 5.74) is 2.78. The predicted molar refractivity (Wildman–Crippen MR) is 89.8 cm³/mol. The van der Waals surface area contributed by atoms with Gasteiger partial charge in [0, 0.05) is 24.8 Å². The van der Waals surface area contributed by atoms with Crippen molar-refractivity contribution in [2.45, 2.75) is 44.7 Å². The maximum absolute atomic E-state index is 12.1. The van der Waals surface area contributed by atoms with Gasteiger partial charge in [0.15, 0.2) is 0 Å². The molecule has 2 amide bonds. The summed E-state index contributed by atoms with van der Waals surface area (Å²) in [4.78, 5) is 12.1. The zero-order valence-electron chi connectivity index (χ0n) is 13.3. The first-order valence-corrected chi connectivity index (χ1v) is 9.92. The summed E-state index contributed by atoms with van der Waals surface area (Å²) in [6, 6.07) is 5.76. The fraction of sp³-hybridized carbons (Fsp3) is 0.562. The maximum Gasteiger partial charge on any atom is 0.319 e. The molecule has 3 rings (SSSR count). The molecule has 1 aliphatic heterocycles. The van der Waals surface area contributed by atoms with Crippen LogP contribution in [0.4, 0.5) is 10.5 Å². The molecule has 1 saturated carbocycles. The molecule has 0 saturated heterocycles. The van der Waals surface area contributed by atoms with Gasteiger partial charge in [0.1, 0.15) is 0 Å². The van der Waals surface area contributed by atoms with E-state index in [2.05, 4.69) is 10.6 Å². The predicted octanol–water partition coefficient (Wildman–Crippen LogP) is 2.07. The number of urea groups is 1. The van der Waals surface area contributed by atoms with Crippen molar-refractivity contribution in [1.29, 1.82) is 0 Å². The van der Waals surface area contributed by atoms with Gasteiger partial charge in [-0.3, -0.25) is 0 Å². The highest BCUT2D eigenvalue weighted by Gasteiger charge is 2.25. The molecule has 7 heteroatoms. The Morgan fingerprint density at radius 1 is 1.26 bits per heavy atom. The molecule has 0 radical (unpaired) electrons. The zero-order valence-corrected chi connectivity index (χ0v) is 14.2. The molecular weight excluding hydrogens is 314 g/mol. The lowest BCUT2D eigenvalue weighted by atomic mass is 9.99. The van der Waals surface area contributed by atoms with Crippen LogP contribution in [-0.4, -0.2) is 37.6 Å². The first-order chi connectivity index (χ1) is 10.9. The van der Waals surface area contributed by atoms with Gasteiger partial charge < -0.3 is 10.6 Å². The highest BCUT2D eigenvalue weighted by atomic mass is 32.2. The van der Waals surface area contributed by atoms with Crippen LogP contribution in [0.1, 0.15) is 36.8 Å². The molecule has 0 unspecified atom stereocenters. The lowest BCUT2D eigenvalue weighted by molar-refractivity contribution is 0.248. The van der Waals surface area contributed by atoms with E-state index >= 15 is 0 Å². The molecule has 0 atom stereocenters. The summed E-state index contributed by atoms with van der Waals surface area (Å²) >= 11 is 0. The fourth-order valence-electron chi connectivity index (χ4n) is 3.40. The van der Waals surface area contributed by atoms with Crippen molar-refractivity contribution in [3.63, 3.8) is 0 Å². The molecule has 0 bridgehead atoms. The van der Waals surface area contributed by atoms with Crippen LogP contribution >= 0.6 is 0 Å². The number of carbonyl (C=O) groups excluding carboxylic acids is 1. The first-order valence-electron chi connectivity index (χ1n) is 8.07. The van der Waals surface area contributed by atoms with E-state index in [9.17, 15) is 13.2 Å². The summed E-state index contributed by atoms with van der Waals surface area (Å²) < 4.78 is 24.9. The highest BCUT2D eigenvalue weighted by Crippen LogP contribution is 2.27. The molecule has 2 N–H and O–H groups in total. The molecule has 126 valence electrons. The van der Waals surface area contributed by atoms with Gasteiger partial charge in [-0.15, -0.1) is 0 Å². The van der Waals surface area contributed by atoms with Crippen LogP contribution in [0.15, 0.2) is 18.2 Å². The van der Waals surface area contributed by atoms with E-state index in [4.69, 9.17) is 0 Å². The third-order valence-corrected chi connectivity index (χ3v) is 5.89. The second-order valence-corrected chi connectivity index (χ2v) is 8.35. The van der Waals surface area contributed by atoms with Crippen molar-refractivity contribution >= 4 is 21.7 Å². The molecule has 1 fully saturated rings. The molecule has 0 aromatic heterocycles. The largest absolute Gasteiger partial charge is 0.335 e. The van der Waals surface area contributed by atoms with Crippen LogP contribution in [0, 0.1) is 0 Å². The number of anilines is 1. The molecule has 2 aliphatic rings. The van der Waals surface area contributed by atoms with Crippen molar-refractivity contribution in [2.24, 2.45) is 0 Å². The van der Waals surface area contributed by atoms with E-state index < -0.39 is 10.0 Å². The molecular formula is C16H23N3O3S. The summed E-state index contributed by atoms with van der Waals surface area (Å²) in [7, 11) is -3.19. The number of nitrogens with zero attached hydrogens (tertiary/aromatic N) is 1. The number of rotatable bonds is 3. The number of hydrogen-bond acceptors (Lipinski definition) is 3. The van der Waals surface area contributed by atoms with Gasteiger partial charge in [0.2, 0.25) is 10.0 Å². The Morgan fingerprint density at radius 2 is 2.00 bits per heavy atom. The van der Waals surface area contributed by atoms with Crippen LogP contribution < -0.4 is 10.6 Å². The summed E-state index contributed by atoms with van der Waals surface area (Å²) in [6.45, 7) is 0.822. The second-order valence-electron chi connectivity index (χ2n) is 6.37. The summed E-state index contributed by atoms with van der Waals surface area (Å²) in [6.07, 6.45) is 6.28. The lowest BCUT2D eigenvalue weighted by Crippen LogP contribution is -2.38. The number of hydrogen-bond donors (Lipinski definition) is 2. The van der Waals surface area contributed by atoms with Crippen LogP contribution in [0.3, 0.4) is 0 Å². The Morgan fingerprint density at radius 3 is 2.70 bits per heavy atom. The minimum absolute atomic E-state index is 0.171. The van der Waals surface area contributed by atoms with E-state index in [1.54, 1.807) is 0 Å². The van der Waals surface area contributed by atoms with Crippen LogP contribution in [0.5, 0.6) is 0 Å². The number of sulfonamides is 1. The summed E-state index contributed by atoms with van der Waals surface area (Å²) in [5.74, 6) is 0. The van der Waals surface area contributed by atoms with Gasteiger partial charge in [-0.25, -0.2) is 13.2 Å². The van der Waals surface area contributed by atoms with Gasteiger partial charge in [0.05, 0.1) is 6.26 Å². The van der Waals surface area contributed by atoms with E-state index in [1.165, 1.54) is 23.4 Å². The average molecular weight is 337 g/mol. The maximum atomic E-state index is 12.1. The van der Waals surface area contributed by atoms with Gasteiger partial charge >= 0.3 is 6.03 Å². The Balaban J connectivity index is 1.71. The van der Waals surface area contributed by atoms with Crippen molar-refractivity contribution in [1.82, 2.24) is 9.62 Å². The smallest absolute Gasteiger partial charge is 0.319 e. The zero-order chi connectivity index (χ0) is 16.4. The van der Waals surface area contributed by atoms with Crippen LogP contribution in [-0.2, 0) is 23.0 Å². The number of fused-ring (bicyclic) bond motifs is 1. The molecule has 1 heterocycles. The summed E-state index contributed by atoms with van der Waals surface area (Å²) in [5, 5.41) is 5.94. The third-order valence-electron chi connectivity index (χ3n) is 4.64. The van der Waals surface area contributed by atoms with E-state index in [1.807, 2.05) is 18.2 Å². The van der Waals surface area contributed by atoms with Gasteiger partial charge in [-0.05, 0) is 36.5 Å². The van der Waals surface area contributed by atoms with Crippen LogP contribution in [0.2, 0.25) is 0 Å². The first kappa shape index (κ1) is 16.3. The minimum atomic E-state index is -3.19. The minimum Gasteiger partial charge on any atom is -0.335 e. The monoisotopic (exact) mass is 337 g/mol. The molecule has 1 aromatic rings. The molecule has 1 aliphatic carbocycles. The number of amides is 2. The van der Waals surface area contributed by atoms with E-state index in [0.29, 0.717) is 19.5 Å². The molecule has 23 heavy (non-hydrogen) atoms. The molecule has 6 nitrogen and oxygen atoms in total. The highest BCUT2D eigenvalue weighted by molar-refractivity contribution is 7.88. The normalized spacial score (nSPS) is 19.3. The second kappa shape index (κ2) is 6.49.